The van der Waals surface area contributed by atoms with Crippen LogP contribution in [0, 0.1) is 11.8 Å². The Labute approximate surface area is 170 Å². The largest absolute Gasteiger partial charge is 0.418 e. The lowest BCUT2D eigenvalue weighted by atomic mass is 9.85. The maximum atomic E-state index is 13.1. The maximum absolute atomic E-state index is 13.1. The number of hydrogen-bond donors (Lipinski definition) is 1. The number of amides is 3. The van der Waals surface area contributed by atoms with Crippen molar-refractivity contribution in [3.8, 4) is 0 Å². The van der Waals surface area contributed by atoms with Crippen LogP contribution in [0.1, 0.15) is 28.8 Å². The average molecular weight is 414 g/mol. The lowest BCUT2D eigenvalue weighted by molar-refractivity contribution is -0.137. The van der Waals surface area contributed by atoms with E-state index in [-0.39, 0.29) is 34.9 Å². The first-order chi connectivity index (χ1) is 14.3. The molecule has 4 rings (SSSR count). The van der Waals surface area contributed by atoms with Crippen LogP contribution in [-0.2, 0) is 15.8 Å². The Balaban J connectivity index is 1.53. The van der Waals surface area contributed by atoms with Crippen molar-refractivity contribution in [2.75, 3.05) is 10.2 Å². The average Bonchev–Trinajstić information content (AvgIpc) is 2.98. The summed E-state index contributed by atoms with van der Waals surface area (Å²) in [5.41, 5.74) is -0.847. The highest BCUT2D eigenvalue weighted by atomic mass is 19.4. The third-order valence-corrected chi connectivity index (χ3v) is 5.38. The Morgan fingerprint density at radius 1 is 0.900 bits per heavy atom. The van der Waals surface area contributed by atoms with Crippen LogP contribution in [-0.4, -0.2) is 17.7 Å². The highest BCUT2D eigenvalue weighted by Crippen LogP contribution is 2.38. The molecule has 0 unspecified atom stereocenters. The van der Waals surface area contributed by atoms with Gasteiger partial charge in [-0.25, -0.2) is 0 Å². The van der Waals surface area contributed by atoms with Crippen LogP contribution in [0.2, 0.25) is 0 Å². The van der Waals surface area contributed by atoms with Gasteiger partial charge in [0.1, 0.15) is 0 Å². The Kier molecular flexibility index (Phi) is 4.93. The maximum Gasteiger partial charge on any atom is 0.418 e. The number of imide groups is 1. The highest BCUT2D eigenvalue weighted by Gasteiger charge is 2.47. The number of halogens is 3. The van der Waals surface area contributed by atoms with Gasteiger partial charge >= 0.3 is 6.18 Å². The number of benzene rings is 2. The van der Waals surface area contributed by atoms with Gasteiger partial charge in [0.25, 0.3) is 5.91 Å². The summed E-state index contributed by atoms with van der Waals surface area (Å²) in [4.78, 5) is 38.8. The zero-order valence-corrected chi connectivity index (χ0v) is 15.6. The van der Waals surface area contributed by atoms with Crippen molar-refractivity contribution in [3.05, 3.63) is 71.8 Å². The molecule has 1 saturated heterocycles. The monoisotopic (exact) mass is 414 g/mol. The van der Waals surface area contributed by atoms with E-state index in [9.17, 15) is 27.6 Å². The third-order valence-electron chi connectivity index (χ3n) is 5.38. The molecule has 0 aromatic heterocycles. The summed E-state index contributed by atoms with van der Waals surface area (Å²) in [6.45, 7) is 0. The summed E-state index contributed by atoms with van der Waals surface area (Å²) in [7, 11) is 0. The molecule has 0 bridgehead atoms. The number of carbonyl (C=O) groups excluding carboxylic acids is 3. The van der Waals surface area contributed by atoms with E-state index in [2.05, 4.69) is 5.32 Å². The van der Waals surface area contributed by atoms with E-state index in [1.807, 2.05) is 12.2 Å². The SMILES string of the molecule is O=C(Nc1ccccc1C(F)(F)F)c1ccc(N2C(=O)[C@H]3CC=CC[C@@H]3C2=O)cc1. The van der Waals surface area contributed by atoms with Crippen LogP contribution >= 0.6 is 0 Å². The van der Waals surface area contributed by atoms with Crippen LogP contribution in [0.15, 0.2) is 60.7 Å². The molecule has 3 amide bonds. The van der Waals surface area contributed by atoms with E-state index >= 15 is 0 Å². The van der Waals surface area contributed by atoms with E-state index in [0.717, 1.165) is 11.0 Å². The molecule has 5 nitrogen and oxygen atoms in total. The quantitative estimate of drug-likeness (QED) is 0.598. The van der Waals surface area contributed by atoms with Crippen molar-refractivity contribution in [2.45, 2.75) is 19.0 Å². The number of nitrogens with one attached hydrogen (secondary N) is 1. The minimum Gasteiger partial charge on any atom is -0.321 e. The topological polar surface area (TPSA) is 66.5 Å². The predicted octanol–water partition coefficient (Wildman–Crippen LogP) is 4.41. The van der Waals surface area contributed by atoms with Gasteiger partial charge in [0.05, 0.1) is 28.8 Å². The molecular weight excluding hydrogens is 397 g/mol. The fourth-order valence-electron chi connectivity index (χ4n) is 3.85. The van der Waals surface area contributed by atoms with Gasteiger partial charge in [0.2, 0.25) is 11.8 Å². The first kappa shape index (κ1) is 19.9. The molecule has 0 radical (unpaired) electrons. The fourth-order valence-corrected chi connectivity index (χ4v) is 3.85. The number of allylic oxidation sites excluding steroid dienone is 2. The van der Waals surface area contributed by atoms with E-state index in [1.54, 1.807) is 0 Å². The van der Waals surface area contributed by atoms with Crippen molar-refractivity contribution in [1.82, 2.24) is 0 Å². The molecule has 2 aromatic rings. The lowest BCUT2D eigenvalue weighted by Gasteiger charge is -2.16. The van der Waals surface area contributed by atoms with Crippen LogP contribution in [0.5, 0.6) is 0 Å². The number of hydrogen-bond acceptors (Lipinski definition) is 3. The van der Waals surface area contributed by atoms with E-state index in [0.29, 0.717) is 18.5 Å². The number of alkyl halides is 3. The minimum absolute atomic E-state index is 0.105. The Hall–Kier alpha value is -3.42. The van der Waals surface area contributed by atoms with Crippen molar-refractivity contribution in [1.29, 1.82) is 0 Å². The van der Waals surface area contributed by atoms with Gasteiger partial charge in [-0.2, -0.15) is 13.2 Å². The molecule has 30 heavy (non-hydrogen) atoms. The second-order valence-corrected chi connectivity index (χ2v) is 7.21. The Morgan fingerprint density at radius 3 is 2.03 bits per heavy atom. The first-order valence-corrected chi connectivity index (χ1v) is 9.38. The summed E-state index contributed by atoms with van der Waals surface area (Å²) >= 11 is 0. The summed E-state index contributed by atoms with van der Waals surface area (Å²) in [5.74, 6) is -2.01. The number of carbonyl (C=O) groups is 3. The van der Waals surface area contributed by atoms with E-state index in [1.165, 1.54) is 42.5 Å². The first-order valence-electron chi connectivity index (χ1n) is 9.38. The molecule has 1 heterocycles. The molecular formula is C22H17F3N2O3. The molecule has 1 aliphatic carbocycles. The molecule has 154 valence electrons. The molecule has 2 aromatic carbocycles. The van der Waals surface area contributed by atoms with Crippen molar-refractivity contribution in [3.63, 3.8) is 0 Å². The van der Waals surface area contributed by atoms with Crippen LogP contribution in [0.3, 0.4) is 0 Å². The van der Waals surface area contributed by atoms with Gasteiger partial charge in [-0.1, -0.05) is 24.3 Å². The van der Waals surface area contributed by atoms with Crippen molar-refractivity contribution >= 4 is 29.1 Å². The number of rotatable bonds is 3. The van der Waals surface area contributed by atoms with Gasteiger partial charge in [-0.3, -0.25) is 19.3 Å². The highest BCUT2D eigenvalue weighted by molar-refractivity contribution is 6.22. The summed E-state index contributed by atoms with van der Waals surface area (Å²) in [5, 5.41) is 2.27. The fraction of sp³-hybridized carbons (Fsp3) is 0.227. The van der Waals surface area contributed by atoms with Gasteiger partial charge in [-0.15, -0.1) is 0 Å². The molecule has 2 atom stereocenters. The Morgan fingerprint density at radius 2 is 1.47 bits per heavy atom. The second-order valence-electron chi connectivity index (χ2n) is 7.21. The lowest BCUT2D eigenvalue weighted by Crippen LogP contribution is -2.30. The number of fused-ring (bicyclic) bond motifs is 1. The standard InChI is InChI=1S/C22H17F3N2O3/c23-22(24,25)17-7-3-4-8-18(17)26-19(28)13-9-11-14(12-10-13)27-20(29)15-5-1-2-6-16(15)21(27)30/h1-4,7-12,15-16H,5-6H2,(H,26,28)/t15-,16-/m0/s1. The summed E-state index contributed by atoms with van der Waals surface area (Å²) in [6, 6.07) is 10.3. The normalized spacial score (nSPS) is 21.0. The van der Waals surface area contributed by atoms with Crippen LogP contribution in [0.4, 0.5) is 24.5 Å². The van der Waals surface area contributed by atoms with Crippen molar-refractivity contribution < 1.29 is 27.6 Å². The summed E-state index contributed by atoms with van der Waals surface area (Å²) < 4.78 is 39.3. The van der Waals surface area contributed by atoms with Crippen LogP contribution in [0.25, 0.3) is 0 Å². The van der Waals surface area contributed by atoms with Gasteiger partial charge in [0, 0.05) is 5.56 Å². The molecule has 1 N–H and O–H groups in total. The molecule has 1 aliphatic heterocycles. The molecule has 2 aliphatic rings. The van der Waals surface area contributed by atoms with E-state index in [4.69, 9.17) is 0 Å². The zero-order chi connectivity index (χ0) is 21.5. The smallest absolute Gasteiger partial charge is 0.321 e. The third kappa shape index (κ3) is 3.49. The second kappa shape index (κ2) is 7.44. The van der Waals surface area contributed by atoms with Gasteiger partial charge in [-0.05, 0) is 49.2 Å². The van der Waals surface area contributed by atoms with Crippen molar-refractivity contribution in [2.24, 2.45) is 11.8 Å². The van der Waals surface area contributed by atoms with Gasteiger partial charge in [0.15, 0.2) is 0 Å². The molecule has 0 saturated carbocycles. The Bertz CT molecular complexity index is 1020. The number of para-hydroxylation sites is 1. The predicted molar refractivity (Wildman–Crippen MR) is 104 cm³/mol. The van der Waals surface area contributed by atoms with Crippen LogP contribution < -0.4 is 10.2 Å². The zero-order valence-electron chi connectivity index (χ0n) is 15.6. The number of nitrogens with zero attached hydrogens (tertiary/aromatic N) is 1. The van der Waals surface area contributed by atoms with Gasteiger partial charge < -0.3 is 5.32 Å². The molecule has 8 heteroatoms. The molecule has 0 spiro atoms. The minimum atomic E-state index is -4.60. The van der Waals surface area contributed by atoms with E-state index < -0.39 is 17.6 Å². The summed E-state index contributed by atoms with van der Waals surface area (Å²) in [6.07, 6.45) is 0.218. The molecule has 1 fully saturated rings. The number of anilines is 2.